The number of amides is 1. The maximum absolute atomic E-state index is 12.7. The van der Waals surface area contributed by atoms with Crippen LogP contribution in [0.1, 0.15) is 51.5 Å². The van der Waals surface area contributed by atoms with Crippen molar-refractivity contribution in [3.8, 4) is 5.75 Å². The smallest absolute Gasteiger partial charge is 0.223 e. The maximum atomic E-state index is 12.7. The van der Waals surface area contributed by atoms with Crippen LogP contribution in [0.4, 0.5) is 0 Å². The van der Waals surface area contributed by atoms with Crippen molar-refractivity contribution < 1.29 is 9.53 Å². The Balaban J connectivity index is 1.57. The van der Waals surface area contributed by atoms with Crippen LogP contribution in [0.5, 0.6) is 5.75 Å². The van der Waals surface area contributed by atoms with Crippen molar-refractivity contribution in [2.45, 2.75) is 57.4 Å². The highest BCUT2D eigenvalue weighted by atomic mass is 16.5. The Bertz CT molecular complexity index is 582. The SMILES string of the molecule is COc1ccc(C(C)(C)CNC(=O)C2CC3CCCC(C2)C3N)cc1. The number of hydrogen-bond acceptors (Lipinski definition) is 3. The minimum absolute atomic E-state index is 0.108. The Morgan fingerprint density at radius 2 is 1.80 bits per heavy atom. The van der Waals surface area contributed by atoms with Crippen LogP contribution in [-0.4, -0.2) is 25.6 Å². The fraction of sp³-hybridized carbons (Fsp3) is 0.667. The van der Waals surface area contributed by atoms with E-state index in [1.54, 1.807) is 7.11 Å². The first-order valence-corrected chi connectivity index (χ1v) is 9.58. The number of methoxy groups -OCH3 is 1. The summed E-state index contributed by atoms with van der Waals surface area (Å²) >= 11 is 0. The van der Waals surface area contributed by atoms with Gasteiger partial charge in [0.05, 0.1) is 7.11 Å². The van der Waals surface area contributed by atoms with E-state index in [4.69, 9.17) is 10.5 Å². The number of benzene rings is 1. The van der Waals surface area contributed by atoms with Crippen LogP contribution in [0.15, 0.2) is 24.3 Å². The summed E-state index contributed by atoms with van der Waals surface area (Å²) in [7, 11) is 1.67. The molecule has 2 fully saturated rings. The Hall–Kier alpha value is -1.55. The number of nitrogens with one attached hydrogen (secondary N) is 1. The van der Waals surface area contributed by atoms with Gasteiger partial charge >= 0.3 is 0 Å². The standard InChI is InChI=1S/C21H32N2O2/c1-21(2,17-7-9-18(25-3)10-8-17)13-23-20(24)16-11-14-5-4-6-15(12-16)19(14)22/h7-10,14-16,19H,4-6,11-13,22H2,1-3H3,(H,23,24). The highest BCUT2D eigenvalue weighted by molar-refractivity contribution is 5.79. The molecule has 2 saturated carbocycles. The number of carbonyl (C=O) groups is 1. The van der Waals surface area contributed by atoms with E-state index in [9.17, 15) is 4.79 Å². The van der Waals surface area contributed by atoms with Crippen LogP contribution in [0.3, 0.4) is 0 Å². The Morgan fingerprint density at radius 3 is 2.36 bits per heavy atom. The Labute approximate surface area is 151 Å². The summed E-state index contributed by atoms with van der Waals surface area (Å²) < 4.78 is 5.22. The van der Waals surface area contributed by atoms with Crippen molar-refractivity contribution in [2.24, 2.45) is 23.5 Å². The molecule has 2 unspecified atom stereocenters. The van der Waals surface area contributed by atoms with Gasteiger partial charge in [-0.15, -0.1) is 0 Å². The molecule has 1 amide bonds. The molecule has 138 valence electrons. The molecule has 4 nitrogen and oxygen atoms in total. The number of carbonyl (C=O) groups excluding carboxylic acids is 1. The highest BCUT2D eigenvalue weighted by Crippen LogP contribution is 2.42. The molecule has 2 aliphatic carbocycles. The number of rotatable bonds is 5. The average molecular weight is 344 g/mol. The van der Waals surface area contributed by atoms with Gasteiger partial charge in [0.2, 0.25) is 5.91 Å². The summed E-state index contributed by atoms with van der Waals surface area (Å²) in [5.41, 5.74) is 7.44. The maximum Gasteiger partial charge on any atom is 0.223 e. The van der Waals surface area contributed by atoms with Gasteiger partial charge in [-0.25, -0.2) is 0 Å². The first-order chi connectivity index (χ1) is 11.9. The minimum Gasteiger partial charge on any atom is -0.497 e. The molecule has 0 saturated heterocycles. The van der Waals surface area contributed by atoms with Gasteiger partial charge in [0.25, 0.3) is 0 Å². The second kappa shape index (κ2) is 7.36. The van der Waals surface area contributed by atoms with Crippen molar-refractivity contribution in [1.82, 2.24) is 5.32 Å². The molecule has 2 atom stereocenters. The first-order valence-electron chi connectivity index (χ1n) is 9.58. The third kappa shape index (κ3) is 4.00. The predicted octanol–water partition coefficient (Wildman–Crippen LogP) is 3.24. The number of fused-ring (bicyclic) bond motifs is 2. The van der Waals surface area contributed by atoms with Crippen molar-refractivity contribution >= 4 is 5.91 Å². The molecular formula is C21H32N2O2. The van der Waals surface area contributed by atoms with Gasteiger partial charge in [0.1, 0.15) is 5.75 Å². The third-order valence-corrected chi connectivity index (χ3v) is 6.36. The lowest BCUT2D eigenvalue weighted by Crippen LogP contribution is -2.50. The van der Waals surface area contributed by atoms with E-state index in [1.807, 2.05) is 12.1 Å². The molecule has 0 aromatic heterocycles. The lowest BCUT2D eigenvalue weighted by Gasteiger charge is -2.43. The van der Waals surface area contributed by atoms with E-state index in [-0.39, 0.29) is 17.2 Å². The molecule has 25 heavy (non-hydrogen) atoms. The van der Waals surface area contributed by atoms with E-state index >= 15 is 0 Å². The molecule has 0 spiro atoms. The van der Waals surface area contributed by atoms with E-state index in [0.29, 0.717) is 24.4 Å². The zero-order valence-electron chi connectivity index (χ0n) is 15.8. The summed E-state index contributed by atoms with van der Waals surface area (Å²) in [6, 6.07) is 8.42. The number of hydrogen-bond donors (Lipinski definition) is 2. The van der Waals surface area contributed by atoms with Crippen LogP contribution >= 0.6 is 0 Å². The molecule has 2 bridgehead atoms. The average Bonchev–Trinajstić information content (AvgIpc) is 2.59. The molecule has 4 heteroatoms. The number of nitrogens with two attached hydrogens (primary N) is 1. The van der Waals surface area contributed by atoms with Crippen molar-refractivity contribution in [3.05, 3.63) is 29.8 Å². The van der Waals surface area contributed by atoms with E-state index < -0.39 is 0 Å². The molecule has 0 radical (unpaired) electrons. The van der Waals surface area contributed by atoms with Gasteiger partial charge in [-0.05, 0) is 55.2 Å². The quantitative estimate of drug-likeness (QED) is 0.862. The Morgan fingerprint density at radius 1 is 1.20 bits per heavy atom. The lowest BCUT2D eigenvalue weighted by molar-refractivity contribution is -0.128. The van der Waals surface area contributed by atoms with Crippen LogP contribution in [-0.2, 0) is 10.2 Å². The second-order valence-electron chi connectivity index (χ2n) is 8.53. The lowest BCUT2D eigenvalue weighted by atomic mass is 9.65. The van der Waals surface area contributed by atoms with E-state index in [2.05, 4.69) is 31.3 Å². The summed E-state index contributed by atoms with van der Waals surface area (Å²) in [5, 5.41) is 3.21. The topological polar surface area (TPSA) is 64.3 Å². The zero-order valence-corrected chi connectivity index (χ0v) is 15.8. The fourth-order valence-corrected chi connectivity index (χ4v) is 4.60. The fourth-order valence-electron chi connectivity index (χ4n) is 4.60. The largest absolute Gasteiger partial charge is 0.497 e. The van der Waals surface area contributed by atoms with Crippen LogP contribution < -0.4 is 15.8 Å². The van der Waals surface area contributed by atoms with E-state index in [1.165, 1.54) is 24.8 Å². The monoisotopic (exact) mass is 344 g/mol. The van der Waals surface area contributed by atoms with E-state index in [0.717, 1.165) is 18.6 Å². The van der Waals surface area contributed by atoms with Gasteiger partial charge in [-0.1, -0.05) is 32.4 Å². The van der Waals surface area contributed by atoms with Gasteiger partial charge in [0.15, 0.2) is 0 Å². The summed E-state index contributed by atoms with van der Waals surface area (Å²) in [6.45, 7) is 4.98. The van der Waals surface area contributed by atoms with Crippen LogP contribution in [0.2, 0.25) is 0 Å². The Kier molecular flexibility index (Phi) is 5.38. The number of ether oxygens (including phenoxy) is 1. The first kappa shape index (κ1) is 18.2. The van der Waals surface area contributed by atoms with Gasteiger partial charge in [-0.2, -0.15) is 0 Å². The predicted molar refractivity (Wildman–Crippen MR) is 101 cm³/mol. The molecule has 3 N–H and O–H groups in total. The molecule has 2 aliphatic rings. The molecule has 0 aliphatic heterocycles. The molecule has 1 aromatic rings. The zero-order chi connectivity index (χ0) is 18.0. The normalized spacial score (nSPS) is 29.1. The summed E-state index contributed by atoms with van der Waals surface area (Å²) in [5.74, 6) is 2.29. The highest BCUT2D eigenvalue weighted by Gasteiger charge is 2.40. The second-order valence-corrected chi connectivity index (χ2v) is 8.53. The van der Waals surface area contributed by atoms with Gasteiger partial charge < -0.3 is 15.8 Å². The summed E-state index contributed by atoms with van der Waals surface area (Å²) in [6.07, 6.45) is 5.60. The van der Waals surface area contributed by atoms with Crippen LogP contribution in [0.25, 0.3) is 0 Å². The van der Waals surface area contributed by atoms with Gasteiger partial charge in [0, 0.05) is 23.9 Å². The van der Waals surface area contributed by atoms with Crippen molar-refractivity contribution in [1.29, 1.82) is 0 Å². The van der Waals surface area contributed by atoms with Crippen molar-refractivity contribution in [3.63, 3.8) is 0 Å². The molecule has 1 aromatic carbocycles. The molecule has 3 rings (SSSR count). The van der Waals surface area contributed by atoms with Crippen LogP contribution in [0, 0.1) is 17.8 Å². The van der Waals surface area contributed by atoms with Gasteiger partial charge in [-0.3, -0.25) is 4.79 Å². The summed E-state index contributed by atoms with van der Waals surface area (Å²) in [4.78, 5) is 12.7. The minimum atomic E-state index is -0.108. The van der Waals surface area contributed by atoms with Crippen molar-refractivity contribution in [2.75, 3.05) is 13.7 Å². The molecule has 0 heterocycles. The third-order valence-electron chi connectivity index (χ3n) is 6.36. The molecular weight excluding hydrogens is 312 g/mol.